The lowest BCUT2D eigenvalue weighted by Crippen LogP contribution is -2.04. The van der Waals surface area contributed by atoms with E-state index in [0.29, 0.717) is 0 Å². The van der Waals surface area contributed by atoms with Crippen LogP contribution in [0.15, 0.2) is 0 Å². The second kappa shape index (κ2) is 3.83. The van der Waals surface area contributed by atoms with Crippen LogP contribution in [0.2, 0.25) is 0 Å². The number of halogens is 4. The summed E-state index contributed by atoms with van der Waals surface area (Å²) >= 11 is 0. The summed E-state index contributed by atoms with van der Waals surface area (Å²) in [5.74, 6) is -8.61. The molecule has 0 aliphatic heterocycles. The van der Waals surface area contributed by atoms with E-state index in [9.17, 15) is 17.6 Å². The van der Waals surface area contributed by atoms with Crippen LogP contribution < -0.4 is 0 Å². The van der Waals surface area contributed by atoms with Gasteiger partial charge in [-0.3, -0.25) is 0 Å². The fourth-order valence-corrected chi connectivity index (χ4v) is 0.937. The van der Waals surface area contributed by atoms with Gasteiger partial charge in [-0.25, -0.2) is 8.78 Å². The highest BCUT2D eigenvalue weighted by Gasteiger charge is 2.24. The summed E-state index contributed by atoms with van der Waals surface area (Å²) in [6.45, 7) is -0.619. The summed E-state index contributed by atoms with van der Waals surface area (Å²) in [6, 6.07) is 0. The average Bonchev–Trinajstić information content (AvgIpc) is 2.19. The number of ether oxygens (including phenoxy) is 1. The van der Waals surface area contributed by atoms with Crippen LogP contribution in [-0.4, -0.2) is 12.2 Å². The first-order chi connectivity index (χ1) is 6.50. The Bertz CT molecular complexity index is 336. The van der Waals surface area contributed by atoms with Crippen molar-refractivity contribution < 1.29 is 27.4 Å². The Balaban J connectivity index is 3.43. The fourth-order valence-electron chi connectivity index (χ4n) is 0.937. The first kappa shape index (κ1) is 10.8. The maximum atomic E-state index is 12.9. The molecule has 1 aromatic rings. The van der Waals surface area contributed by atoms with E-state index in [0.717, 1.165) is 7.11 Å². The van der Waals surface area contributed by atoms with Crippen molar-refractivity contribution in [2.75, 3.05) is 7.11 Å². The summed E-state index contributed by atoms with van der Waals surface area (Å²) in [5.41, 5.74) is -0.889. The monoisotopic (exact) mass is 210 g/mol. The van der Waals surface area contributed by atoms with Crippen LogP contribution in [0.3, 0.4) is 0 Å². The van der Waals surface area contributed by atoms with Gasteiger partial charge in [-0.1, -0.05) is 0 Å². The van der Waals surface area contributed by atoms with Gasteiger partial charge >= 0.3 is 0 Å². The third-order valence-corrected chi connectivity index (χ3v) is 1.62. The van der Waals surface area contributed by atoms with Crippen molar-refractivity contribution in [2.45, 2.75) is 6.61 Å². The van der Waals surface area contributed by atoms with Gasteiger partial charge in [0, 0.05) is 7.11 Å². The van der Waals surface area contributed by atoms with Crippen molar-refractivity contribution in [2.24, 2.45) is 0 Å². The van der Waals surface area contributed by atoms with Crippen molar-refractivity contribution in [1.29, 1.82) is 0 Å². The molecule has 1 N–H and O–H groups in total. The van der Waals surface area contributed by atoms with Crippen LogP contribution in [0.5, 0.6) is 5.75 Å². The Morgan fingerprint density at radius 3 is 1.79 bits per heavy atom. The molecule has 1 aromatic carbocycles. The molecule has 0 aliphatic rings. The molecule has 0 bridgehead atoms. The molecule has 0 aromatic heterocycles. The molecule has 2 nitrogen and oxygen atoms in total. The number of phenols is 1. The summed E-state index contributed by atoms with van der Waals surface area (Å²) in [6.07, 6.45) is 0. The summed E-state index contributed by atoms with van der Waals surface area (Å²) in [4.78, 5) is 0. The molecule has 0 amide bonds. The number of hydrogen-bond acceptors (Lipinski definition) is 2. The van der Waals surface area contributed by atoms with Gasteiger partial charge in [0.15, 0.2) is 17.4 Å². The Morgan fingerprint density at radius 1 is 1.00 bits per heavy atom. The predicted molar refractivity (Wildman–Crippen MR) is 38.7 cm³/mol. The average molecular weight is 210 g/mol. The third kappa shape index (κ3) is 1.52. The first-order valence-corrected chi connectivity index (χ1v) is 3.53. The quantitative estimate of drug-likeness (QED) is 0.598. The molecule has 0 saturated carbocycles. The standard InChI is InChI=1S/C8H6F4O2/c1-14-2-3-4(9)6(11)8(13)7(12)5(3)10/h13H,2H2,1H3. The zero-order valence-electron chi connectivity index (χ0n) is 7.07. The van der Waals surface area contributed by atoms with Crippen molar-refractivity contribution in [3.8, 4) is 5.75 Å². The third-order valence-electron chi connectivity index (χ3n) is 1.62. The van der Waals surface area contributed by atoms with Crippen molar-refractivity contribution >= 4 is 0 Å². The van der Waals surface area contributed by atoms with E-state index in [1.165, 1.54) is 0 Å². The molecule has 0 unspecified atom stereocenters. The number of phenolic OH excluding ortho intramolecular Hbond substituents is 1. The molecule has 0 heterocycles. The zero-order chi connectivity index (χ0) is 10.9. The molecule has 78 valence electrons. The Labute approximate surface area is 76.7 Å². The SMILES string of the molecule is COCc1c(F)c(F)c(O)c(F)c1F. The Hall–Kier alpha value is -1.30. The van der Waals surface area contributed by atoms with Gasteiger partial charge in [0.2, 0.25) is 11.6 Å². The van der Waals surface area contributed by atoms with Crippen LogP contribution in [0, 0.1) is 23.3 Å². The molecule has 0 saturated heterocycles. The molecule has 6 heteroatoms. The minimum Gasteiger partial charge on any atom is -0.503 e. The van der Waals surface area contributed by atoms with E-state index in [-0.39, 0.29) is 0 Å². The van der Waals surface area contributed by atoms with Crippen LogP contribution in [-0.2, 0) is 11.3 Å². The van der Waals surface area contributed by atoms with E-state index in [1.807, 2.05) is 0 Å². The first-order valence-electron chi connectivity index (χ1n) is 3.53. The van der Waals surface area contributed by atoms with Gasteiger partial charge in [0.1, 0.15) is 0 Å². The van der Waals surface area contributed by atoms with Crippen LogP contribution >= 0.6 is 0 Å². The lowest BCUT2D eigenvalue weighted by atomic mass is 10.2. The number of rotatable bonds is 2. The summed E-state index contributed by atoms with van der Waals surface area (Å²) in [5, 5.41) is 8.59. The van der Waals surface area contributed by atoms with Gasteiger partial charge in [-0.15, -0.1) is 0 Å². The van der Waals surface area contributed by atoms with Gasteiger partial charge < -0.3 is 9.84 Å². The highest BCUT2D eigenvalue weighted by Crippen LogP contribution is 2.28. The summed E-state index contributed by atoms with van der Waals surface area (Å²) < 4.78 is 55.4. The number of aromatic hydroxyl groups is 1. The molecule has 14 heavy (non-hydrogen) atoms. The van der Waals surface area contributed by atoms with E-state index in [4.69, 9.17) is 5.11 Å². The lowest BCUT2D eigenvalue weighted by Gasteiger charge is -2.07. The molecule has 0 aliphatic carbocycles. The van der Waals surface area contributed by atoms with E-state index < -0.39 is 41.2 Å². The molecule has 1 rings (SSSR count). The normalized spacial score (nSPS) is 10.6. The molecular formula is C8H6F4O2. The zero-order valence-corrected chi connectivity index (χ0v) is 7.07. The number of benzene rings is 1. The maximum absolute atomic E-state index is 12.9. The maximum Gasteiger partial charge on any atom is 0.204 e. The van der Waals surface area contributed by atoms with Crippen molar-refractivity contribution in [3.63, 3.8) is 0 Å². The largest absolute Gasteiger partial charge is 0.503 e. The molecule has 0 radical (unpaired) electrons. The van der Waals surface area contributed by atoms with Gasteiger partial charge in [-0.2, -0.15) is 8.78 Å². The molecule has 0 spiro atoms. The number of hydrogen-bond donors (Lipinski definition) is 1. The second-order valence-corrected chi connectivity index (χ2v) is 2.52. The molecular weight excluding hydrogens is 204 g/mol. The highest BCUT2D eigenvalue weighted by atomic mass is 19.2. The molecule has 0 fully saturated rings. The van der Waals surface area contributed by atoms with Crippen LogP contribution in [0.4, 0.5) is 17.6 Å². The smallest absolute Gasteiger partial charge is 0.204 e. The van der Waals surface area contributed by atoms with Gasteiger partial charge in [0.25, 0.3) is 0 Å². The summed E-state index contributed by atoms with van der Waals surface area (Å²) in [7, 11) is 1.11. The fraction of sp³-hybridized carbons (Fsp3) is 0.250. The van der Waals surface area contributed by atoms with E-state index >= 15 is 0 Å². The minimum atomic E-state index is -1.82. The van der Waals surface area contributed by atoms with Crippen molar-refractivity contribution in [1.82, 2.24) is 0 Å². The Morgan fingerprint density at radius 2 is 1.43 bits per heavy atom. The van der Waals surface area contributed by atoms with Crippen LogP contribution in [0.25, 0.3) is 0 Å². The highest BCUT2D eigenvalue weighted by molar-refractivity contribution is 5.32. The van der Waals surface area contributed by atoms with Gasteiger partial charge in [0.05, 0.1) is 12.2 Å². The lowest BCUT2D eigenvalue weighted by molar-refractivity contribution is 0.174. The van der Waals surface area contributed by atoms with Crippen molar-refractivity contribution in [3.05, 3.63) is 28.8 Å². The minimum absolute atomic E-state index is 0.619. The van der Waals surface area contributed by atoms with Crippen LogP contribution in [0.1, 0.15) is 5.56 Å². The van der Waals surface area contributed by atoms with E-state index in [1.54, 1.807) is 0 Å². The topological polar surface area (TPSA) is 29.5 Å². The predicted octanol–water partition coefficient (Wildman–Crippen LogP) is 2.10. The Kier molecular flexibility index (Phi) is 2.95. The van der Waals surface area contributed by atoms with Gasteiger partial charge in [-0.05, 0) is 0 Å². The second-order valence-electron chi connectivity index (χ2n) is 2.52. The molecule has 0 atom stereocenters. The van der Waals surface area contributed by atoms with E-state index in [2.05, 4.69) is 4.74 Å². The number of methoxy groups -OCH3 is 1.